The fourth-order valence-electron chi connectivity index (χ4n) is 1.10. The van der Waals surface area contributed by atoms with Gasteiger partial charge in [-0.15, -0.1) is 12.4 Å². The van der Waals surface area contributed by atoms with Gasteiger partial charge in [0.25, 0.3) is 0 Å². The van der Waals surface area contributed by atoms with Crippen LogP contribution in [0.5, 0.6) is 0 Å². The Hall–Kier alpha value is 0.210. The molecule has 2 nitrogen and oxygen atoms in total. The SMILES string of the molecule is COCCCCCCCCN.Cl. The van der Waals surface area contributed by atoms with Gasteiger partial charge < -0.3 is 10.5 Å². The van der Waals surface area contributed by atoms with Gasteiger partial charge in [-0.2, -0.15) is 0 Å². The zero-order valence-electron chi connectivity index (χ0n) is 8.05. The summed E-state index contributed by atoms with van der Waals surface area (Å²) >= 11 is 0. The molecule has 0 saturated heterocycles. The number of rotatable bonds is 8. The number of hydrogen-bond donors (Lipinski definition) is 1. The van der Waals surface area contributed by atoms with Crippen molar-refractivity contribution in [3.63, 3.8) is 0 Å². The van der Waals surface area contributed by atoms with E-state index >= 15 is 0 Å². The van der Waals surface area contributed by atoms with E-state index in [0.717, 1.165) is 13.2 Å². The van der Waals surface area contributed by atoms with Gasteiger partial charge in [-0.05, 0) is 19.4 Å². The van der Waals surface area contributed by atoms with E-state index in [-0.39, 0.29) is 12.4 Å². The van der Waals surface area contributed by atoms with Crippen LogP contribution < -0.4 is 5.73 Å². The first kappa shape index (κ1) is 14.7. The fourth-order valence-corrected chi connectivity index (χ4v) is 1.10. The Kier molecular flexibility index (Phi) is 16.9. The monoisotopic (exact) mass is 195 g/mol. The highest BCUT2D eigenvalue weighted by Gasteiger charge is 1.89. The number of unbranched alkanes of at least 4 members (excludes halogenated alkanes) is 5. The summed E-state index contributed by atoms with van der Waals surface area (Å²) in [6.07, 6.45) is 7.66. The van der Waals surface area contributed by atoms with Crippen LogP contribution in [0.3, 0.4) is 0 Å². The molecule has 0 amide bonds. The Bertz CT molecular complexity index is 63.5. The van der Waals surface area contributed by atoms with E-state index in [4.69, 9.17) is 10.5 Å². The molecule has 0 aromatic carbocycles. The third-order valence-electron chi connectivity index (χ3n) is 1.80. The first-order chi connectivity index (χ1) is 5.41. The van der Waals surface area contributed by atoms with Crippen molar-refractivity contribution in [3.8, 4) is 0 Å². The molecule has 0 fully saturated rings. The van der Waals surface area contributed by atoms with Crippen molar-refractivity contribution < 1.29 is 4.74 Å². The predicted octanol–water partition coefficient (Wildman–Crippen LogP) is 2.35. The highest BCUT2D eigenvalue weighted by atomic mass is 35.5. The molecule has 3 heteroatoms. The standard InChI is InChI=1S/C9H21NO.ClH/c1-11-9-7-5-3-2-4-6-8-10;/h2-10H2,1H3;1H. The van der Waals surface area contributed by atoms with Gasteiger partial charge in [0.05, 0.1) is 0 Å². The van der Waals surface area contributed by atoms with Crippen molar-refractivity contribution >= 4 is 12.4 Å². The zero-order valence-corrected chi connectivity index (χ0v) is 8.87. The summed E-state index contributed by atoms with van der Waals surface area (Å²) in [5, 5.41) is 0. The lowest BCUT2D eigenvalue weighted by Gasteiger charge is -1.99. The van der Waals surface area contributed by atoms with E-state index < -0.39 is 0 Å². The summed E-state index contributed by atoms with van der Waals surface area (Å²) in [5.74, 6) is 0. The first-order valence-corrected chi connectivity index (χ1v) is 4.61. The van der Waals surface area contributed by atoms with Crippen LogP contribution in [0, 0.1) is 0 Å². The lowest BCUT2D eigenvalue weighted by Crippen LogP contribution is -1.97. The molecule has 0 unspecified atom stereocenters. The van der Waals surface area contributed by atoms with Crippen LogP contribution >= 0.6 is 12.4 Å². The fraction of sp³-hybridized carbons (Fsp3) is 1.00. The normalized spacial score (nSPS) is 9.50. The smallest absolute Gasteiger partial charge is 0.0462 e. The van der Waals surface area contributed by atoms with Gasteiger partial charge in [0.15, 0.2) is 0 Å². The minimum absolute atomic E-state index is 0. The maximum absolute atomic E-state index is 5.37. The molecule has 2 N–H and O–H groups in total. The summed E-state index contributed by atoms with van der Waals surface area (Å²) in [7, 11) is 1.76. The third kappa shape index (κ3) is 12.8. The lowest BCUT2D eigenvalue weighted by molar-refractivity contribution is 0.192. The van der Waals surface area contributed by atoms with Gasteiger partial charge in [0.1, 0.15) is 0 Å². The van der Waals surface area contributed by atoms with Crippen LogP contribution in [0.2, 0.25) is 0 Å². The second-order valence-corrected chi connectivity index (χ2v) is 2.90. The van der Waals surface area contributed by atoms with E-state index in [1.807, 2.05) is 0 Å². The molecular weight excluding hydrogens is 174 g/mol. The molecule has 0 aliphatic heterocycles. The zero-order chi connectivity index (χ0) is 8.36. The van der Waals surface area contributed by atoms with Crippen LogP contribution in [0.15, 0.2) is 0 Å². The maximum atomic E-state index is 5.37. The number of halogens is 1. The molecule has 0 aromatic rings. The van der Waals surface area contributed by atoms with Crippen molar-refractivity contribution in [3.05, 3.63) is 0 Å². The minimum Gasteiger partial charge on any atom is -0.385 e. The van der Waals surface area contributed by atoms with Crippen molar-refractivity contribution in [1.82, 2.24) is 0 Å². The van der Waals surface area contributed by atoms with Crippen molar-refractivity contribution in [1.29, 1.82) is 0 Å². The maximum Gasteiger partial charge on any atom is 0.0462 e. The molecular formula is C9H22ClNO. The molecule has 0 atom stereocenters. The second kappa shape index (κ2) is 13.8. The van der Waals surface area contributed by atoms with Crippen LogP contribution in [0.25, 0.3) is 0 Å². The van der Waals surface area contributed by atoms with E-state index in [9.17, 15) is 0 Å². The van der Waals surface area contributed by atoms with Gasteiger partial charge in [-0.25, -0.2) is 0 Å². The average Bonchev–Trinajstić information content (AvgIpc) is 2.03. The Morgan fingerprint density at radius 2 is 1.42 bits per heavy atom. The van der Waals surface area contributed by atoms with Crippen molar-refractivity contribution in [2.75, 3.05) is 20.3 Å². The molecule has 12 heavy (non-hydrogen) atoms. The summed E-state index contributed by atoms with van der Waals surface area (Å²) in [6.45, 7) is 1.76. The Balaban J connectivity index is 0. The summed E-state index contributed by atoms with van der Waals surface area (Å²) in [6, 6.07) is 0. The molecule has 0 aliphatic rings. The van der Waals surface area contributed by atoms with Crippen LogP contribution in [-0.2, 0) is 4.74 Å². The van der Waals surface area contributed by atoms with Crippen LogP contribution in [0.4, 0.5) is 0 Å². The summed E-state index contributed by atoms with van der Waals surface area (Å²) in [4.78, 5) is 0. The molecule has 0 rings (SSSR count). The average molecular weight is 196 g/mol. The van der Waals surface area contributed by atoms with E-state index in [1.165, 1.54) is 38.5 Å². The molecule has 0 spiro atoms. The predicted molar refractivity (Wildman–Crippen MR) is 55.9 cm³/mol. The summed E-state index contributed by atoms with van der Waals surface area (Å²) < 4.78 is 4.95. The summed E-state index contributed by atoms with van der Waals surface area (Å²) in [5.41, 5.74) is 5.37. The number of nitrogens with two attached hydrogens (primary N) is 1. The van der Waals surface area contributed by atoms with Crippen LogP contribution in [-0.4, -0.2) is 20.3 Å². The first-order valence-electron chi connectivity index (χ1n) is 4.61. The molecule has 0 bridgehead atoms. The van der Waals surface area contributed by atoms with Crippen molar-refractivity contribution in [2.24, 2.45) is 5.73 Å². The third-order valence-corrected chi connectivity index (χ3v) is 1.80. The Morgan fingerprint density at radius 3 is 1.92 bits per heavy atom. The molecule has 0 aromatic heterocycles. The topological polar surface area (TPSA) is 35.2 Å². The van der Waals surface area contributed by atoms with Gasteiger partial charge in [0.2, 0.25) is 0 Å². The minimum atomic E-state index is 0. The molecule has 0 saturated carbocycles. The largest absolute Gasteiger partial charge is 0.385 e. The molecule has 0 radical (unpaired) electrons. The lowest BCUT2D eigenvalue weighted by atomic mass is 10.1. The molecule has 0 heterocycles. The second-order valence-electron chi connectivity index (χ2n) is 2.90. The van der Waals surface area contributed by atoms with Gasteiger partial charge in [0, 0.05) is 13.7 Å². The highest BCUT2D eigenvalue weighted by Crippen LogP contribution is 2.04. The van der Waals surface area contributed by atoms with E-state index in [2.05, 4.69) is 0 Å². The van der Waals surface area contributed by atoms with Gasteiger partial charge >= 0.3 is 0 Å². The molecule has 76 valence electrons. The van der Waals surface area contributed by atoms with Gasteiger partial charge in [-0.1, -0.05) is 25.7 Å². The van der Waals surface area contributed by atoms with Crippen molar-refractivity contribution in [2.45, 2.75) is 38.5 Å². The molecule has 0 aliphatic carbocycles. The number of methoxy groups -OCH3 is 1. The highest BCUT2D eigenvalue weighted by molar-refractivity contribution is 5.85. The number of hydrogen-bond acceptors (Lipinski definition) is 2. The number of ether oxygens (including phenoxy) is 1. The van der Waals surface area contributed by atoms with Gasteiger partial charge in [-0.3, -0.25) is 0 Å². The Labute approximate surface area is 82.3 Å². The van der Waals surface area contributed by atoms with E-state index in [0.29, 0.717) is 0 Å². The Morgan fingerprint density at radius 1 is 0.917 bits per heavy atom. The van der Waals surface area contributed by atoms with Crippen LogP contribution in [0.1, 0.15) is 38.5 Å². The van der Waals surface area contributed by atoms with E-state index in [1.54, 1.807) is 7.11 Å². The quantitative estimate of drug-likeness (QED) is 0.604.